The highest BCUT2D eigenvalue weighted by Crippen LogP contribution is 2.26. The third kappa shape index (κ3) is 2.69. The highest BCUT2D eigenvalue weighted by atomic mass is 35.5. The van der Waals surface area contributed by atoms with Crippen molar-refractivity contribution >= 4 is 34.2 Å². The minimum atomic E-state index is -0.396. The molecule has 3 rings (SSSR count). The van der Waals surface area contributed by atoms with Crippen LogP contribution in [0.15, 0.2) is 27.4 Å². The van der Waals surface area contributed by atoms with Gasteiger partial charge >= 0.3 is 5.63 Å². The van der Waals surface area contributed by atoms with Crippen molar-refractivity contribution in [1.29, 1.82) is 0 Å². The van der Waals surface area contributed by atoms with Gasteiger partial charge in [-0.2, -0.15) is 5.10 Å². The van der Waals surface area contributed by atoms with Crippen LogP contribution in [-0.2, 0) is 7.05 Å². The fraction of sp³-hybridized carbons (Fsp3) is 0.235. The number of anilines is 1. The van der Waals surface area contributed by atoms with Crippen LogP contribution in [0, 0.1) is 20.8 Å². The fourth-order valence-electron chi connectivity index (χ4n) is 2.51. The van der Waals surface area contributed by atoms with Gasteiger partial charge in [0.25, 0.3) is 5.91 Å². The standard InChI is InChI=1S/C17H16ClN3O3/c1-8-6-14(22)24-13-5-9(2)12(7-11(8)13)19-17(23)16-15(18)10(3)21(4)20-16/h5-7H,1-4H3,(H,19,23). The number of aryl methyl sites for hydroxylation is 3. The van der Waals surface area contributed by atoms with E-state index in [2.05, 4.69) is 10.4 Å². The third-order valence-corrected chi connectivity index (χ3v) is 4.47. The van der Waals surface area contributed by atoms with E-state index in [4.69, 9.17) is 16.0 Å². The number of carbonyl (C=O) groups excluding carboxylic acids is 1. The van der Waals surface area contributed by atoms with Gasteiger partial charge in [0, 0.05) is 24.2 Å². The van der Waals surface area contributed by atoms with Gasteiger partial charge in [-0.25, -0.2) is 4.79 Å². The van der Waals surface area contributed by atoms with Crippen molar-refractivity contribution in [3.05, 3.63) is 56.2 Å². The molecule has 7 heteroatoms. The van der Waals surface area contributed by atoms with E-state index in [1.54, 1.807) is 30.8 Å². The first kappa shape index (κ1) is 16.3. The number of aromatic nitrogens is 2. The Bertz CT molecular complexity index is 1030. The number of nitrogens with one attached hydrogen (secondary N) is 1. The number of fused-ring (bicyclic) bond motifs is 1. The Balaban J connectivity index is 2.03. The molecule has 24 heavy (non-hydrogen) atoms. The molecule has 0 aliphatic rings. The van der Waals surface area contributed by atoms with E-state index in [0.717, 1.165) is 22.2 Å². The van der Waals surface area contributed by atoms with Crippen molar-refractivity contribution in [2.24, 2.45) is 7.05 Å². The number of benzene rings is 1. The van der Waals surface area contributed by atoms with Gasteiger partial charge < -0.3 is 9.73 Å². The molecule has 6 nitrogen and oxygen atoms in total. The Labute approximate surface area is 143 Å². The average molecular weight is 346 g/mol. The largest absolute Gasteiger partial charge is 0.423 e. The molecule has 0 spiro atoms. The van der Waals surface area contributed by atoms with Gasteiger partial charge in [-0.3, -0.25) is 9.48 Å². The van der Waals surface area contributed by atoms with Crippen molar-refractivity contribution in [2.45, 2.75) is 20.8 Å². The number of hydrogen-bond donors (Lipinski definition) is 1. The molecular formula is C17H16ClN3O3. The minimum Gasteiger partial charge on any atom is -0.423 e. The van der Waals surface area contributed by atoms with Gasteiger partial charge in [0.05, 0.1) is 10.7 Å². The Morgan fingerprint density at radius 1 is 1.21 bits per heavy atom. The summed E-state index contributed by atoms with van der Waals surface area (Å²) in [6.07, 6.45) is 0. The second kappa shape index (κ2) is 5.79. The molecule has 1 amide bonds. The van der Waals surface area contributed by atoms with Crippen LogP contribution in [0.2, 0.25) is 5.02 Å². The molecule has 0 fully saturated rings. The van der Waals surface area contributed by atoms with Crippen molar-refractivity contribution in [1.82, 2.24) is 9.78 Å². The summed E-state index contributed by atoms with van der Waals surface area (Å²) < 4.78 is 6.76. The Morgan fingerprint density at radius 3 is 2.54 bits per heavy atom. The number of amides is 1. The molecule has 2 heterocycles. The highest BCUT2D eigenvalue weighted by Gasteiger charge is 2.19. The summed E-state index contributed by atoms with van der Waals surface area (Å²) in [7, 11) is 1.73. The SMILES string of the molecule is Cc1cc2oc(=O)cc(C)c2cc1NC(=O)c1nn(C)c(C)c1Cl. The predicted molar refractivity (Wildman–Crippen MR) is 92.9 cm³/mol. The molecule has 0 saturated heterocycles. The van der Waals surface area contributed by atoms with Gasteiger partial charge in [-0.1, -0.05) is 11.6 Å². The van der Waals surface area contributed by atoms with E-state index >= 15 is 0 Å². The molecule has 3 aromatic rings. The second-order valence-corrected chi connectivity index (χ2v) is 6.12. The lowest BCUT2D eigenvalue weighted by Gasteiger charge is -2.10. The van der Waals surface area contributed by atoms with Crippen LogP contribution in [0.1, 0.15) is 27.3 Å². The van der Waals surface area contributed by atoms with Crippen molar-refractivity contribution in [3.63, 3.8) is 0 Å². The fourth-order valence-corrected chi connectivity index (χ4v) is 2.76. The summed E-state index contributed by atoms with van der Waals surface area (Å²) >= 11 is 6.16. The van der Waals surface area contributed by atoms with Crippen LogP contribution < -0.4 is 10.9 Å². The molecule has 0 saturated carbocycles. The summed E-state index contributed by atoms with van der Waals surface area (Å²) in [4.78, 5) is 24.0. The third-order valence-electron chi connectivity index (χ3n) is 4.02. The summed E-state index contributed by atoms with van der Waals surface area (Å²) in [6.45, 7) is 5.43. The van der Waals surface area contributed by atoms with E-state index in [1.165, 1.54) is 6.07 Å². The lowest BCUT2D eigenvalue weighted by Crippen LogP contribution is -2.14. The Morgan fingerprint density at radius 2 is 1.92 bits per heavy atom. The van der Waals surface area contributed by atoms with E-state index < -0.39 is 5.63 Å². The first-order valence-electron chi connectivity index (χ1n) is 7.33. The zero-order valence-electron chi connectivity index (χ0n) is 13.7. The first-order chi connectivity index (χ1) is 11.3. The number of hydrogen-bond acceptors (Lipinski definition) is 4. The zero-order chi connectivity index (χ0) is 17.6. The number of nitrogens with zero attached hydrogens (tertiary/aromatic N) is 2. The van der Waals surface area contributed by atoms with Gasteiger partial charge in [-0.05, 0) is 44.0 Å². The lowest BCUT2D eigenvalue weighted by molar-refractivity contribution is 0.102. The second-order valence-electron chi connectivity index (χ2n) is 5.74. The smallest absolute Gasteiger partial charge is 0.336 e. The van der Waals surface area contributed by atoms with E-state index in [0.29, 0.717) is 16.3 Å². The number of rotatable bonds is 2. The van der Waals surface area contributed by atoms with Gasteiger partial charge in [0.1, 0.15) is 5.58 Å². The van der Waals surface area contributed by atoms with Crippen LogP contribution in [0.25, 0.3) is 11.0 Å². The molecule has 1 N–H and O–H groups in total. The molecule has 0 unspecified atom stereocenters. The maximum atomic E-state index is 12.5. The lowest BCUT2D eigenvalue weighted by atomic mass is 10.1. The summed E-state index contributed by atoms with van der Waals surface area (Å²) in [5.41, 5.74) is 3.15. The molecule has 0 aliphatic heterocycles. The predicted octanol–water partition coefficient (Wildman–Crippen LogP) is 3.36. The number of carbonyl (C=O) groups is 1. The van der Waals surface area contributed by atoms with Gasteiger partial charge in [-0.15, -0.1) is 0 Å². The molecule has 0 radical (unpaired) electrons. The van der Waals surface area contributed by atoms with E-state index in [-0.39, 0.29) is 11.6 Å². The first-order valence-corrected chi connectivity index (χ1v) is 7.71. The molecule has 2 aromatic heterocycles. The quantitative estimate of drug-likeness (QED) is 0.722. The van der Waals surface area contributed by atoms with Crippen molar-refractivity contribution in [3.8, 4) is 0 Å². The van der Waals surface area contributed by atoms with Crippen molar-refractivity contribution < 1.29 is 9.21 Å². The number of halogens is 1. The average Bonchev–Trinajstić information content (AvgIpc) is 2.76. The molecule has 124 valence electrons. The molecular weight excluding hydrogens is 330 g/mol. The topological polar surface area (TPSA) is 77.1 Å². The molecule has 0 atom stereocenters. The highest BCUT2D eigenvalue weighted by molar-refractivity contribution is 6.34. The van der Waals surface area contributed by atoms with Crippen LogP contribution in [0.4, 0.5) is 5.69 Å². The molecule has 0 bridgehead atoms. The normalized spacial score (nSPS) is 11.0. The van der Waals surface area contributed by atoms with E-state index in [9.17, 15) is 9.59 Å². The molecule has 0 aliphatic carbocycles. The van der Waals surface area contributed by atoms with Gasteiger partial charge in [0.2, 0.25) is 0 Å². The van der Waals surface area contributed by atoms with Crippen LogP contribution in [-0.4, -0.2) is 15.7 Å². The van der Waals surface area contributed by atoms with Crippen LogP contribution in [0.5, 0.6) is 0 Å². The van der Waals surface area contributed by atoms with Crippen molar-refractivity contribution in [2.75, 3.05) is 5.32 Å². The maximum Gasteiger partial charge on any atom is 0.336 e. The van der Waals surface area contributed by atoms with Crippen LogP contribution >= 0.6 is 11.6 Å². The van der Waals surface area contributed by atoms with Gasteiger partial charge in [0.15, 0.2) is 5.69 Å². The Hall–Kier alpha value is -2.60. The van der Waals surface area contributed by atoms with E-state index in [1.807, 2.05) is 13.8 Å². The maximum absolute atomic E-state index is 12.5. The summed E-state index contributed by atoms with van der Waals surface area (Å²) in [6, 6.07) is 4.93. The minimum absolute atomic E-state index is 0.174. The molecule has 1 aromatic carbocycles. The summed E-state index contributed by atoms with van der Waals surface area (Å²) in [5.74, 6) is -0.388. The monoisotopic (exact) mass is 345 g/mol. The summed E-state index contributed by atoms with van der Waals surface area (Å²) in [5, 5.41) is 8.05. The zero-order valence-corrected chi connectivity index (χ0v) is 14.5. The Kier molecular flexibility index (Phi) is 3.93. The van der Waals surface area contributed by atoms with Crippen LogP contribution in [0.3, 0.4) is 0 Å².